The van der Waals surface area contributed by atoms with Crippen molar-refractivity contribution in [2.24, 2.45) is 0 Å². The van der Waals surface area contributed by atoms with E-state index in [1.807, 2.05) is 24.3 Å². The Morgan fingerprint density at radius 2 is 2.04 bits per heavy atom. The van der Waals surface area contributed by atoms with Gasteiger partial charge in [0, 0.05) is 31.3 Å². The third-order valence-electron chi connectivity index (χ3n) is 5.10. The first-order valence-corrected chi connectivity index (χ1v) is 9.65. The number of hydrogen-bond acceptors (Lipinski definition) is 5. The van der Waals surface area contributed by atoms with Crippen LogP contribution in [0.5, 0.6) is 0 Å². The van der Waals surface area contributed by atoms with E-state index < -0.39 is 0 Å². The molecule has 6 heteroatoms. The maximum atomic E-state index is 11.4. The van der Waals surface area contributed by atoms with E-state index >= 15 is 0 Å². The van der Waals surface area contributed by atoms with Crippen molar-refractivity contribution in [2.75, 3.05) is 11.9 Å². The van der Waals surface area contributed by atoms with Gasteiger partial charge in [0.05, 0.1) is 6.54 Å². The van der Waals surface area contributed by atoms with E-state index in [9.17, 15) is 4.79 Å². The summed E-state index contributed by atoms with van der Waals surface area (Å²) in [4.78, 5) is 18.3. The Morgan fingerprint density at radius 1 is 1.21 bits per heavy atom. The molecule has 28 heavy (non-hydrogen) atoms. The lowest BCUT2D eigenvalue weighted by molar-refractivity contribution is -0.114. The molecule has 0 saturated carbocycles. The van der Waals surface area contributed by atoms with Crippen molar-refractivity contribution in [3.8, 4) is 11.4 Å². The molecule has 144 valence electrons. The molecule has 3 aromatic rings. The number of hydrogen-bond donors (Lipinski definition) is 1. The number of aryl methyl sites for hydroxylation is 1. The highest BCUT2D eigenvalue weighted by Gasteiger charge is 2.21. The Bertz CT molecular complexity index is 978. The average molecular weight is 376 g/mol. The zero-order valence-corrected chi connectivity index (χ0v) is 16.2. The van der Waals surface area contributed by atoms with Crippen LogP contribution < -0.4 is 5.32 Å². The molecule has 6 nitrogen and oxygen atoms in total. The van der Waals surface area contributed by atoms with Crippen LogP contribution in [-0.4, -0.2) is 27.5 Å². The lowest BCUT2D eigenvalue weighted by Gasteiger charge is -2.28. The molecule has 0 bridgehead atoms. The minimum Gasteiger partial charge on any atom is -0.338 e. The first kappa shape index (κ1) is 18.4. The first-order chi connectivity index (χ1) is 13.6. The Kier molecular flexibility index (Phi) is 5.21. The number of amides is 1. The van der Waals surface area contributed by atoms with Gasteiger partial charge in [-0.1, -0.05) is 48.5 Å². The Labute approximate surface area is 164 Å². The van der Waals surface area contributed by atoms with Crippen molar-refractivity contribution in [3.05, 3.63) is 65.0 Å². The van der Waals surface area contributed by atoms with Gasteiger partial charge in [-0.3, -0.25) is 9.69 Å². The summed E-state index contributed by atoms with van der Waals surface area (Å²) >= 11 is 0. The molecule has 0 radical (unpaired) electrons. The second-order valence-corrected chi connectivity index (χ2v) is 7.15. The van der Waals surface area contributed by atoms with Gasteiger partial charge in [0.1, 0.15) is 0 Å². The normalized spacial score (nSPS) is 13.9. The van der Waals surface area contributed by atoms with E-state index in [0.717, 1.165) is 37.2 Å². The second-order valence-electron chi connectivity index (χ2n) is 7.15. The molecule has 1 aromatic heterocycles. The van der Waals surface area contributed by atoms with Gasteiger partial charge in [-0.2, -0.15) is 4.98 Å². The van der Waals surface area contributed by atoms with E-state index in [-0.39, 0.29) is 5.91 Å². The van der Waals surface area contributed by atoms with Crippen LogP contribution in [-0.2, 0) is 30.7 Å². The molecule has 4 rings (SSSR count). The van der Waals surface area contributed by atoms with Gasteiger partial charge in [-0.05, 0) is 35.6 Å². The van der Waals surface area contributed by atoms with Crippen molar-refractivity contribution in [3.63, 3.8) is 0 Å². The standard InChI is InChI=1S/C22H24N4O2/c1-3-16-7-9-17(10-8-16)22-24-21(28-25-22)14-26-12-11-19-18(13-26)5-4-6-20(19)23-15(2)27/h4-10H,3,11-14H2,1-2H3,(H,23,27). The molecule has 2 heterocycles. The topological polar surface area (TPSA) is 71.3 Å². The number of nitrogens with zero attached hydrogens (tertiary/aromatic N) is 3. The van der Waals surface area contributed by atoms with Crippen molar-refractivity contribution in [2.45, 2.75) is 39.8 Å². The molecule has 1 N–H and O–H groups in total. The van der Waals surface area contributed by atoms with Crippen molar-refractivity contribution in [1.82, 2.24) is 15.0 Å². The summed E-state index contributed by atoms with van der Waals surface area (Å²) in [5, 5.41) is 7.07. The summed E-state index contributed by atoms with van der Waals surface area (Å²) in [6.45, 7) is 5.97. The van der Waals surface area contributed by atoms with Crippen LogP contribution in [0.3, 0.4) is 0 Å². The van der Waals surface area contributed by atoms with Gasteiger partial charge in [0.2, 0.25) is 17.6 Å². The number of anilines is 1. The van der Waals surface area contributed by atoms with Crippen LogP contribution in [0.2, 0.25) is 0 Å². The summed E-state index contributed by atoms with van der Waals surface area (Å²) < 4.78 is 5.48. The largest absolute Gasteiger partial charge is 0.338 e. The highest BCUT2D eigenvalue weighted by molar-refractivity contribution is 5.89. The van der Waals surface area contributed by atoms with Crippen LogP contribution in [0.4, 0.5) is 5.69 Å². The van der Waals surface area contributed by atoms with E-state index in [1.165, 1.54) is 23.6 Å². The molecule has 0 fully saturated rings. The fourth-order valence-corrected chi connectivity index (χ4v) is 3.63. The number of fused-ring (bicyclic) bond motifs is 1. The number of nitrogens with one attached hydrogen (secondary N) is 1. The van der Waals surface area contributed by atoms with E-state index in [0.29, 0.717) is 18.3 Å². The van der Waals surface area contributed by atoms with Gasteiger partial charge in [0.15, 0.2) is 0 Å². The zero-order valence-electron chi connectivity index (χ0n) is 16.2. The molecule has 0 saturated heterocycles. The smallest absolute Gasteiger partial charge is 0.241 e. The first-order valence-electron chi connectivity index (χ1n) is 9.65. The number of benzene rings is 2. The van der Waals surface area contributed by atoms with Crippen molar-refractivity contribution >= 4 is 11.6 Å². The van der Waals surface area contributed by atoms with Crippen LogP contribution >= 0.6 is 0 Å². The maximum Gasteiger partial charge on any atom is 0.241 e. The number of carbonyl (C=O) groups is 1. The predicted octanol–water partition coefficient (Wildman–Crippen LogP) is 3.82. The third-order valence-corrected chi connectivity index (χ3v) is 5.10. The van der Waals surface area contributed by atoms with Gasteiger partial charge >= 0.3 is 0 Å². The van der Waals surface area contributed by atoms with Crippen LogP contribution in [0.15, 0.2) is 47.0 Å². The highest BCUT2D eigenvalue weighted by atomic mass is 16.5. The van der Waals surface area contributed by atoms with E-state index in [2.05, 4.69) is 45.5 Å². The average Bonchev–Trinajstić information content (AvgIpc) is 3.16. The number of carbonyl (C=O) groups excluding carboxylic acids is 1. The molecule has 1 aliphatic heterocycles. The van der Waals surface area contributed by atoms with Gasteiger partial charge in [-0.15, -0.1) is 0 Å². The van der Waals surface area contributed by atoms with Crippen LogP contribution in [0.25, 0.3) is 11.4 Å². The summed E-state index contributed by atoms with van der Waals surface area (Å²) in [5.41, 5.74) is 5.62. The molecule has 1 amide bonds. The second kappa shape index (κ2) is 7.94. The minimum atomic E-state index is -0.0406. The molecule has 0 atom stereocenters. The molecule has 0 spiro atoms. The zero-order chi connectivity index (χ0) is 19.5. The fraction of sp³-hybridized carbons (Fsp3) is 0.318. The summed E-state index contributed by atoms with van der Waals surface area (Å²) in [6, 6.07) is 14.3. The summed E-state index contributed by atoms with van der Waals surface area (Å²) in [7, 11) is 0. The molecule has 2 aromatic carbocycles. The predicted molar refractivity (Wildman–Crippen MR) is 108 cm³/mol. The van der Waals surface area contributed by atoms with Gasteiger partial charge < -0.3 is 9.84 Å². The van der Waals surface area contributed by atoms with E-state index in [4.69, 9.17) is 4.52 Å². The van der Waals surface area contributed by atoms with Crippen molar-refractivity contribution in [1.29, 1.82) is 0 Å². The maximum absolute atomic E-state index is 11.4. The molecule has 0 aliphatic carbocycles. The minimum absolute atomic E-state index is 0.0406. The molecular formula is C22H24N4O2. The molecular weight excluding hydrogens is 352 g/mol. The Balaban J connectivity index is 1.45. The van der Waals surface area contributed by atoms with Crippen molar-refractivity contribution < 1.29 is 9.32 Å². The Morgan fingerprint density at radius 3 is 2.79 bits per heavy atom. The summed E-state index contributed by atoms with van der Waals surface area (Å²) in [5.74, 6) is 1.21. The lowest BCUT2D eigenvalue weighted by Crippen LogP contribution is -2.30. The molecule has 1 aliphatic rings. The van der Waals surface area contributed by atoms with E-state index in [1.54, 1.807) is 0 Å². The quantitative estimate of drug-likeness (QED) is 0.733. The van der Waals surface area contributed by atoms with Crippen LogP contribution in [0, 0.1) is 0 Å². The number of aromatic nitrogens is 2. The fourth-order valence-electron chi connectivity index (χ4n) is 3.63. The Hall–Kier alpha value is -2.99. The van der Waals surface area contributed by atoms with Gasteiger partial charge in [-0.25, -0.2) is 0 Å². The lowest BCUT2D eigenvalue weighted by atomic mass is 9.97. The van der Waals surface area contributed by atoms with Gasteiger partial charge in [0.25, 0.3) is 0 Å². The van der Waals surface area contributed by atoms with Crippen LogP contribution in [0.1, 0.15) is 36.4 Å². The SMILES string of the molecule is CCc1ccc(-c2noc(CN3CCc4c(cccc4NC(C)=O)C3)n2)cc1. The highest BCUT2D eigenvalue weighted by Crippen LogP contribution is 2.27. The monoisotopic (exact) mass is 376 g/mol. The third kappa shape index (κ3) is 3.97. The summed E-state index contributed by atoms with van der Waals surface area (Å²) in [6.07, 6.45) is 1.89. The molecule has 0 unspecified atom stereocenters. The number of rotatable bonds is 5.